The van der Waals surface area contributed by atoms with E-state index in [1.54, 1.807) is 0 Å². The normalized spacial score (nSPS) is 13.0. The Balaban J connectivity index is 2.06. The van der Waals surface area contributed by atoms with E-state index in [0.717, 1.165) is 40.8 Å². The molecule has 0 atom stereocenters. The number of H-pyrrole nitrogens is 3. The topological polar surface area (TPSA) is 60.3 Å². The molecule has 5 heterocycles. The number of rotatable bonds is 2. The van der Waals surface area contributed by atoms with Crippen LogP contribution in [-0.2, 0) is 12.8 Å². The molecule has 8 bridgehead atoms. The molecule has 4 heteroatoms. The molecule has 5 rings (SSSR count). The maximum absolute atomic E-state index is 5.12. The lowest BCUT2D eigenvalue weighted by molar-refractivity contribution is 1.14. The second-order valence-electron chi connectivity index (χ2n) is 9.51. The van der Waals surface area contributed by atoms with Crippen molar-refractivity contribution in [3.63, 3.8) is 0 Å². The summed E-state index contributed by atoms with van der Waals surface area (Å²) in [6.07, 6.45) is 1.98. The second-order valence-corrected chi connectivity index (χ2v) is 9.51. The highest BCUT2D eigenvalue weighted by Crippen LogP contribution is 2.35. The summed E-state index contributed by atoms with van der Waals surface area (Å²) in [5.74, 6) is 0. The SMILES string of the molecule is CCc1c(C)c2cc3nc(c4[nH]c(cc5[nH]c(cc1[nH]2)c(CC)c5C)c(C)c4C)C(C)=C3C. The predicted octanol–water partition coefficient (Wildman–Crippen LogP) is 7.83. The lowest BCUT2D eigenvalue weighted by Gasteiger charge is -1.97. The van der Waals surface area contributed by atoms with Crippen LogP contribution in [0, 0.1) is 27.7 Å². The minimum Gasteiger partial charge on any atom is -0.355 e. The molecule has 0 saturated carbocycles. The van der Waals surface area contributed by atoms with Gasteiger partial charge in [0.1, 0.15) is 0 Å². The van der Waals surface area contributed by atoms with Crippen molar-refractivity contribution in [3.05, 3.63) is 63.0 Å². The van der Waals surface area contributed by atoms with Crippen molar-refractivity contribution in [1.82, 2.24) is 19.9 Å². The predicted molar refractivity (Wildman–Crippen MR) is 142 cm³/mol. The lowest BCUT2D eigenvalue weighted by Crippen LogP contribution is -1.82. The van der Waals surface area contributed by atoms with Gasteiger partial charge in [-0.25, -0.2) is 4.98 Å². The average molecular weight is 439 g/mol. The van der Waals surface area contributed by atoms with Crippen LogP contribution in [0.25, 0.3) is 44.2 Å². The first-order valence-corrected chi connectivity index (χ1v) is 12.1. The summed E-state index contributed by atoms with van der Waals surface area (Å²) in [5, 5.41) is 0. The number of nitrogens with zero attached hydrogens (tertiary/aromatic N) is 1. The number of hydrogen-bond acceptors (Lipinski definition) is 1. The van der Waals surface area contributed by atoms with Crippen LogP contribution in [0.15, 0.2) is 18.2 Å². The van der Waals surface area contributed by atoms with E-state index in [-0.39, 0.29) is 0 Å². The molecular weight excluding hydrogens is 404 g/mol. The van der Waals surface area contributed by atoms with Gasteiger partial charge in [-0.3, -0.25) is 0 Å². The highest BCUT2D eigenvalue weighted by molar-refractivity contribution is 5.97. The van der Waals surface area contributed by atoms with E-state index in [1.165, 1.54) is 61.1 Å². The largest absolute Gasteiger partial charge is 0.355 e. The molecule has 0 amide bonds. The van der Waals surface area contributed by atoms with E-state index in [0.29, 0.717) is 0 Å². The Morgan fingerprint density at radius 2 is 1.09 bits per heavy atom. The summed E-state index contributed by atoms with van der Waals surface area (Å²) < 4.78 is 0. The molecular formula is C29H34N4. The van der Waals surface area contributed by atoms with Gasteiger partial charge in [-0.2, -0.15) is 0 Å². The zero-order chi connectivity index (χ0) is 23.6. The molecule has 0 saturated heterocycles. The number of aryl methyl sites for hydroxylation is 6. The first kappa shape index (κ1) is 21.6. The molecule has 33 heavy (non-hydrogen) atoms. The molecule has 4 aromatic heterocycles. The van der Waals surface area contributed by atoms with E-state index in [9.17, 15) is 0 Å². The molecule has 1 aliphatic rings. The second kappa shape index (κ2) is 7.65. The number of hydrogen-bond donors (Lipinski definition) is 3. The zero-order valence-electron chi connectivity index (χ0n) is 21.1. The lowest BCUT2D eigenvalue weighted by atomic mass is 10.1. The summed E-state index contributed by atoms with van der Waals surface area (Å²) in [6.45, 7) is 17.7. The molecule has 0 radical (unpaired) electrons. The quantitative estimate of drug-likeness (QED) is 0.293. The van der Waals surface area contributed by atoms with Crippen molar-refractivity contribution < 1.29 is 0 Å². The van der Waals surface area contributed by atoms with Gasteiger partial charge in [0, 0.05) is 27.6 Å². The smallest absolute Gasteiger partial charge is 0.0907 e. The van der Waals surface area contributed by atoms with Gasteiger partial charge in [-0.05, 0) is 117 Å². The van der Waals surface area contributed by atoms with Crippen LogP contribution >= 0.6 is 0 Å². The van der Waals surface area contributed by atoms with E-state index in [2.05, 4.69) is 88.5 Å². The fourth-order valence-electron chi connectivity index (χ4n) is 5.36. The highest BCUT2D eigenvalue weighted by Gasteiger charge is 2.18. The number of aromatic amines is 3. The van der Waals surface area contributed by atoms with Crippen LogP contribution in [-0.4, -0.2) is 19.9 Å². The monoisotopic (exact) mass is 438 g/mol. The van der Waals surface area contributed by atoms with E-state index < -0.39 is 0 Å². The fourth-order valence-corrected chi connectivity index (χ4v) is 5.36. The molecule has 0 aromatic carbocycles. The minimum atomic E-state index is 0.988. The van der Waals surface area contributed by atoms with Gasteiger partial charge in [0.15, 0.2) is 0 Å². The van der Waals surface area contributed by atoms with Crippen LogP contribution in [0.1, 0.15) is 72.5 Å². The minimum absolute atomic E-state index is 0.988. The molecule has 4 nitrogen and oxygen atoms in total. The van der Waals surface area contributed by atoms with Gasteiger partial charge < -0.3 is 15.0 Å². The first-order valence-electron chi connectivity index (χ1n) is 12.1. The molecule has 0 aliphatic carbocycles. The Kier molecular flexibility index (Phi) is 5.00. The number of allylic oxidation sites excluding steroid dienone is 2. The number of aromatic nitrogens is 4. The zero-order valence-corrected chi connectivity index (χ0v) is 21.1. The third-order valence-electron chi connectivity index (χ3n) is 7.84. The molecule has 170 valence electrons. The van der Waals surface area contributed by atoms with Gasteiger partial charge in [-0.15, -0.1) is 0 Å². The van der Waals surface area contributed by atoms with Crippen molar-refractivity contribution in [2.75, 3.05) is 0 Å². The maximum atomic E-state index is 5.12. The van der Waals surface area contributed by atoms with E-state index in [1.807, 2.05) is 0 Å². The van der Waals surface area contributed by atoms with Crippen LogP contribution in [0.4, 0.5) is 0 Å². The van der Waals surface area contributed by atoms with E-state index >= 15 is 0 Å². The Hall–Kier alpha value is -3.27. The third-order valence-corrected chi connectivity index (χ3v) is 7.84. The van der Waals surface area contributed by atoms with Crippen molar-refractivity contribution in [3.8, 4) is 0 Å². The van der Waals surface area contributed by atoms with Gasteiger partial charge >= 0.3 is 0 Å². The van der Waals surface area contributed by atoms with Crippen molar-refractivity contribution in [2.24, 2.45) is 0 Å². The molecule has 3 N–H and O–H groups in total. The average Bonchev–Trinajstić information content (AvgIpc) is 3.43. The van der Waals surface area contributed by atoms with Crippen LogP contribution < -0.4 is 0 Å². The van der Waals surface area contributed by atoms with E-state index in [4.69, 9.17) is 4.98 Å². The summed E-state index contributed by atoms with van der Waals surface area (Å²) in [5.41, 5.74) is 19.4. The maximum Gasteiger partial charge on any atom is 0.0907 e. The van der Waals surface area contributed by atoms with Gasteiger partial charge in [0.25, 0.3) is 0 Å². The van der Waals surface area contributed by atoms with Crippen molar-refractivity contribution in [2.45, 2.75) is 68.2 Å². The third kappa shape index (κ3) is 3.15. The summed E-state index contributed by atoms with van der Waals surface area (Å²) >= 11 is 0. The first-order chi connectivity index (χ1) is 15.7. The Labute approximate surface area is 195 Å². The van der Waals surface area contributed by atoms with Crippen molar-refractivity contribution in [1.29, 1.82) is 0 Å². The number of nitrogens with one attached hydrogen (secondary N) is 3. The molecule has 0 spiro atoms. The fraction of sp³-hybridized carbons (Fsp3) is 0.345. The highest BCUT2D eigenvalue weighted by atomic mass is 14.8. The van der Waals surface area contributed by atoms with Crippen LogP contribution in [0.3, 0.4) is 0 Å². The molecule has 0 unspecified atom stereocenters. The van der Waals surface area contributed by atoms with Gasteiger partial charge in [0.2, 0.25) is 0 Å². The van der Waals surface area contributed by atoms with Gasteiger partial charge in [-0.1, -0.05) is 13.8 Å². The van der Waals surface area contributed by atoms with Crippen LogP contribution in [0.5, 0.6) is 0 Å². The van der Waals surface area contributed by atoms with Gasteiger partial charge in [0.05, 0.1) is 16.9 Å². The number of fused-ring (bicyclic) bond motifs is 9. The summed E-state index contributed by atoms with van der Waals surface area (Å²) in [7, 11) is 0. The molecule has 0 fully saturated rings. The Bertz CT molecular complexity index is 1580. The Morgan fingerprint density at radius 3 is 1.67 bits per heavy atom. The molecule has 1 aliphatic heterocycles. The van der Waals surface area contributed by atoms with Crippen LogP contribution in [0.2, 0.25) is 0 Å². The summed E-state index contributed by atoms with van der Waals surface area (Å²) in [4.78, 5) is 16.3. The molecule has 4 aromatic rings. The van der Waals surface area contributed by atoms with Crippen molar-refractivity contribution >= 4 is 44.2 Å². The Morgan fingerprint density at radius 1 is 0.576 bits per heavy atom. The summed E-state index contributed by atoms with van der Waals surface area (Å²) in [6, 6.07) is 6.79. The standard InChI is InChI=1S/C29H34N4/c1-9-20-18(7)24-11-22-14(3)16(5)28(32-22)29-17(6)15(4)23(33-29)12-25-19(8)21(10-2)27(31-25)13-26(20)30-24/h11-13,30-32H,9-10H2,1-8H3.